The van der Waals surface area contributed by atoms with Crippen molar-refractivity contribution in [3.05, 3.63) is 394 Å². The van der Waals surface area contributed by atoms with Crippen molar-refractivity contribution in [2.24, 2.45) is 15.0 Å². The summed E-state index contributed by atoms with van der Waals surface area (Å²) in [4.78, 5) is 148. The number of benzene rings is 10. The Morgan fingerprint density at radius 1 is 0.364 bits per heavy atom. The summed E-state index contributed by atoms with van der Waals surface area (Å²) in [7, 11) is 0. The molecule has 0 radical (unpaired) electrons. The smallest absolute Gasteiger partial charge is 0.349 e. The van der Waals surface area contributed by atoms with Crippen LogP contribution in [0.2, 0.25) is 5.02 Å². The number of fused-ring (bicyclic) bond motifs is 10. The van der Waals surface area contributed by atoms with Crippen molar-refractivity contribution in [3.8, 4) is 28.8 Å². The second-order valence-corrected chi connectivity index (χ2v) is 36.2. The molecule has 0 bridgehead atoms. The van der Waals surface area contributed by atoms with Gasteiger partial charge in [0.1, 0.15) is 28.8 Å². The van der Waals surface area contributed by atoms with E-state index in [1.165, 1.54) is 40.7 Å². The number of halogens is 1. The van der Waals surface area contributed by atoms with E-state index in [2.05, 4.69) is 199 Å². The SMILES string of the molecule is C=c1nc2c(c(=O)[nH]1)=Nc1cc(C)c(C)cc1N2CCOCc1ccccc1.C=c1nc2c(c(=O)[nH]1)=Nc1cc(C)c(C3CC3)cc1N2CCCc1ccccc1.C=c1nc2c(c(=O)[nH]1)=Nc1cc(C)ccc1N2CCOc1ccccc1.Cc1cc2nc3c(=O)[nH]c(=O)nc-3n(CCCc3ccc(C)c(Cl)c3)c2cc1C.Cc1ccc(CCCn2c3nc(=O)[nH]c(=O)c-3nc3cc(C)c(C)cc32)cc1. The molecule has 0 atom stereocenters. The van der Waals surface area contributed by atoms with Crippen LogP contribution in [0.15, 0.2) is 249 Å². The van der Waals surface area contributed by atoms with Crippen molar-refractivity contribution < 1.29 is 9.47 Å². The molecular weight excluding hydrogens is 1780 g/mol. The molecular formula is C110H107ClN20O9. The summed E-state index contributed by atoms with van der Waals surface area (Å²) < 4.78 is 15.6. The van der Waals surface area contributed by atoms with Crippen LogP contribution in [0.5, 0.6) is 5.75 Å². The lowest BCUT2D eigenvalue weighted by Crippen LogP contribution is -2.43. The maximum Gasteiger partial charge on any atom is 0.349 e. The van der Waals surface area contributed by atoms with Gasteiger partial charge >= 0.3 is 11.4 Å². The lowest BCUT2D eigenvalue weighted by atomic mass is 10.0. The first-order valence-corrected chi connectivity index (χ1v) is 47.1. The molecule has 13 aromatic rings. The van der Waals surface area contributed by atoms with E-state index >= 15 is 0 Å². The van der Waals surface area contributed by atoms with E-state index in [-0.39, 0.29) is 28.1 Å². The van der Waals surface area contributed by atoms with Crippen molar-refractivity contribution >= 4 is 105 Å². The first kappa shape index (κ1) is 95.6. The molecule has 8 aliphatic rings. The number of aryl methyl sites for hydroxylation is 15. The summed E-state index contributed by atoms with van der Waals surface area (Å²) >= 11 is 6.24. The molecule has 0 unspecified atom stereocenters. The van der Waals surface area contributed by atoms with Crippen LogP contribution in [0.4, 0.5) is 51.6 Å². The molecule has 21 rings (SSSR count). The summed E-state index contributed by atoms with van der Waals surface area (Å²) in [5.74, 6) is 3.76. The molecule has 30 heteroatoms. The number of hydrogen-bond acceptors (Lipinski definition) is 22. The van der Waals surface area contributed by atoms with Gasteiger partial charge in [-0.05, 0) is 283 Å². The summed E-state index contributed by atoms with van der Waals surface area (Å²) in [6.07, 6.45) is 7.81. The number of rotatable bonds is 22. The first-order valence-electron chi connectivity index (χ1n) is 46.7. The molecule has 708 valence electrons. The summed E-state index contributed by atoms with van der Waals surface area (Å²) in [6.45, 7) is 36.3. The van der Waals surface area contributed by atoms with Gasteiger partial charge in [0.15, 0.2) is 56.6 Å². The third-order valence-corrected chi connectivity index (χ3v) is 25.7. The first-order chi connectivity index (χ1) is 67.5. The lowest BCUT2D eigenvalue weighted by Gasteiger charge is -2.29. The number of hydrogen-bond donors (Lipinski definition) is 5. The Balaban J connectivity index is 0.000000121. The molecule has 140 heavy (non-hydrogen) atoms. The highest BCUT2D eigenvalue weighted by Gasteiger charge is 2.32. The van der Waals surface area contributed by atoms with Gasteiger partial charge in [-0.15, -0.1) is 0 Å². The maximum atomic E-state index is 12.5. The molecule has 0 amide bonds. The highest BCUT2D eigenvalue weighted by molar-refractivity contribution is 6.31. The topological polar surface area (TPSA) is 364 Å². The lowest BCUT2D eigenvalue weighted by molar-refractivity contribution is 0.128. The number of aromatic amines is 5. The standard InChI is InChI=1S/C24H24N4O.C22H21ClN4O2.2C22H22N4O2.C20H18N4O2/c1-15-13-20-21(14-19(15)18-10-11-18)28(12-6-9-17-7-4-3-5-8-17)23-22(27-20)24(29)26-16(2)25-23;1-12-6-7-15(11-16(12)23)5-4-8-27-18-10-14(3)13(2)9-17(18)24-19-20(27)25-22(29)26-21(19)28;1-13-6-8-16(9-7-13)5-4-10-26-18-12-15(3)14(2)11-17(18)23-19-20(26)24-22(28)25-21(19)27;1-14-11-18-19(12-15(14)2)26(9-10-28-13-17-7-5-4-6-8-17)21-20(25-18)22(27)24-16(3)23-21;1-13-8-9-17-16(12-13)23-18-19(21-14(2)22-20(18)25)24(17)10-11-26-15-6-4-3-5-7-15/h3-5,7-8,13-14,18H,2,6,9-12H2,1H3,(H,26,29);6-7,9-11H,4-5,8H2,1-3H3,(H,26,28,29);6-9,11-12H,4-5,10H2,1-3H3,(H,25,27,28);4-8,11-12H,3,9-10,13H2,1-2H3,(H,24,27);3-9,12H,2,10-11H2,1H3,(H,22,25). The molecule has 29 nitrogen and oxygen atoms in total. The van der Waals surface area contributed by atoms with Crippen LogP contribution in [-0.2, 0) is 43.7 Å². The van der Waals surface area contributed by atoms with E-state index in [1.54, 1.807) is 0 Å². The predicted octanol–water partition coefficient (Wildman–Crippen LogP) is 14.7. The normalized spacial score (nSPS) is 12.4. The van der Waals surface area contributed by atoms with Crippen LogP contribution in [-0.4, -0.2) is 102 Å². The van der Waals surface area contributed by atoms with Crippen molar-refractivity contribution in [2.75, 3.05) is 47.5 Å². The minimum absolute atomic E-state index is 0.179. The maximum absolute atomic E-state index is 12.5. The van der Waals surface area contributed by atoms with Gasteiger partial charge in [0.2, 0.25) is 0 Å². The van der Waals surface area contributed by atoms with Gasteiger partial charge in [0.05, 0.1) is 75.9 Å². The average molecular weight is 1890 g/mol. The Morgan fingerprint density at radius 2 is 0.786 bits per heavy atom. The molecule has 1 fully saturated rings. The summed E-state index contributed by atoms with van der Waals surface area (Å²) in [5, 5.41) is 1.75. The number of para-hydroxylation sites is 1. The fourth-order valence-electron chi connectivity index (χ4n) is 17.4. The van der Waals surface area contributed by atoms with Gasteiger partial charge in [-0.1, -0.05) is 158 Å². The Kier molecular flexibility index (Phi) is 28.6. The van der Waals surface area contributed by atoms with Crippen LogP contribution in [0.25, 0.3) is 64.8 Å². The van der Waals surface area contributed by atoms with Crippen LogP contribution in [0, 0.1) is 69.2 Å². The molecule has 10 heterocycles. The van der Waals surface area contributed by atoms with Gasteiger partial charge in [-0.2, -0.15) is 9.97 Å². The zero-order valence-corrected chi connectivity index (χ0v) is 80.6. The second kappa shape index (κ2) is 41.8. The van der Waals surface area contributed by atoms with Crippen LogP contribution >= 0.6 is 11.6 Å². The van der Waals surface area contributed by atoms with Gasteiger partial charge < -0.3 is 48.3 Å². The molecule has 10 aromatic carbocycles. The molecule has 0 saturated heterocycles. The monoisotopic (exact) mass is 1890 g/mol. The fourth-order valence-corrected chi connectivity index (χ4v) is 17.6. The average Bonchev–Trinajstić information content (AvgIpc) is 1.61. The Morgan fingerprint density at radius 3 is 1.31 bits per heavy atom. The van der Waals surface area contributed by atoms with Crippen LogP contribution in [0.1, 0.15) is 121 Å². The number of anilines is 6. The fraction of sp³-hybridized carbons (Fsp3) is 0.245. The van der Waals surface area contributed by atoms with E-state index in [4.69, 9.17) is 21.1 Å². The number of H-pyrrole nitrogens is 5. The molecule has 1 aliphatic carbocycles. The molecule has 1 saturated carbocycles. The number of nitrogens with one attached hydrogen (secondary N) is 5. The Labute approximate surface area is 810 Å². The minimum atomic E-state index is -0.661. The van der Waals surface area contributed by atoms with Gasteiger partial charge in [0.25, 0.3) is 27.8 Å². The van der Waals surface area contributed by atoms with Crippen LogP contribution in [0.3, 0.4) is 0 Å². The Bertz CT molecular complexity index is 8400. The quantitative estimate of drug-likeness (QED) is 0.0311. The predicted molar refractivity (Wildman–Crippen MR) is 552 cm³/mol. The summed E-state index contributed by atoms with van der Waals surface area (Å²) in [6, 6.07) is 67.2. The molecule has 0 spiro atoms. The van der Waals surface area contributed by atoms with Crippen molar-refractivity contribution in [1.82, 2.24) is 68.9 Å². The zero-order chi connectivity index (χ0) is 98.3. The van der Waals surface area contributed by atoms with Gasteiger partial charge in [0, 0.05) is 31.2 Å². The van der Waals surface area contributed by atoms with E-state index < -0.39 is 22.5 Å². The number of aromatic nitrogens is 14. The second-order valence-electron chi connectivity index (χ2n) is 35.8. The van der Waals surface area contributed by atoms with E-state index in [0.717, 1.165) is 162 Å². The van der Waals surface area contributed by atoms with Crippen molar-refractivity contribution in [1.29, 1.82) is 0 Å². The number of ether oxygens (including phenoxy) is 2. The minimum Gasteiger partial charge on any atom is -0.492 e. The molecule has 5 N–H and O–H groups in total. The summed E-state index contributed by atoms with van der Waals surface area (Å²) in [5.41, 5.74) is 24.3. The largest absolute Gasteiger partial charge is 0.492 e. The Hall–Kier alpha value is -16.1. The van der Waals surface area contributed by atoms with E-state index in [9.17, 15) is 33.6 Å². The number of nitrogens with zero attached hydrogens (tertiary/aromatic N) is 15. The zero-order valence-electron chi connectivity index (χ0n) is 79.8. The van der Waals surface area contributed by atoms with Gasteiger partial charge in [-0.3, -0.25) is 33.9 Å². The highest BCUT2D eigenvalue weighted by Crippen LogP contribution is 2.47. The highest BCUT2D eigenvalue weighted by atomic mass is 35.5. The molecule has 7 aliphatic heterocycles. The van der Waals surface area contributed by atoms with Gasteiger partial charge in [-0.25, -0.2) is 49.5 Å². The van der Waals surface area contributed by atoms with Crippen molar-refractivity contribution in [2.45, 2.75) is 146 Å². The van der Waals surface area contributed by atoms with Crippen LogP contribution < -0.4 is 91.1 Å². The van der Waals surface area contributed by atoms with Crippen molar-refractivity contribution in [3.63, 3.8) is 0 Å². The third kappa shape index (κ3) is 21.8. The van der Waals surface area contributed by atoms with E-state index in [0.29, 0.717) is 119 Å². The molecule has 3 aromatic heterocycles. The van der Waals surface area contributed by atoms with E-state index in [1.807, 2.05) is 189 Å². The third-order valence-electron chi connectivity index (χ3n) is 25.3.